The van der Waals surface area contributed by atoms with Crippen LogP contribution in [0.25, 0.3) is 0 Å². The Morgan fingerprint density at radius 1 is 1.71 bits per heavy atom. The molecule has 0 unspecified atom stereocenters. The van der Waals surface area contributed by atoms with E-state index in [2.05, 4.69) is 10.5 Å². The highest BCUT2D eigenvalue weighted by atomic mass is 16.5. The van der Waals surface area contributed by atoms with Crippen molar-refractivity contribution in [3.63, 3.8) is 0 Å². The average Bonchev–Trinajstić information content (AvgIpc) is 2.59. The molecule has 1 amide bonds. The molecule has 1 rings (SSSR count). The molecule has 0 aliphatic rings. The topological polar surface area (TPSA) is 58.4 Å². The largest absolute Gasteiger partial charge is 0.361 e. The molecule has 14 heavy (non-hydrogen) atoms. The number of rotatable bonds is 4. The first-order valence-electron chi connectivity index (χ1n) is 4.48. The summed E-state index contributed by atoms with van der Waals surface area (Å²) in [6.45, 7) is 3.17. The van der Waals surface area contributed by atoms with Gasteiger partial charge in [-0.25, -0.2) is 0 Å². The van der Waals surface area contributed by atoms with E-state index in [1.807, 2.05) is 7.05 Å². The Morgan fingerprint density at radius 3 is 2.93 bits per heavy atom. The van der Waals surface area contributed by atoms with Crippen molar-refractivity contribution in [1.82, 2.24) is 15.4 Å². The van der Waals surface area contributed by atoms with Gasteiger partial charge < -0.3 is 14.7 Å². The molecule has 1 aromatic heterocycles. The fraction of sp³-hybridized carbons (Fsp3) is 0.556. The third-order valence-electron chi connectivity index (χ3n) is 2.03. The molecule has 0 spiro atoms. The maximum atomic E-state index is 11.7. The van der Waals surface area contributed by atoms with Crippen molar-refractivity contribution in [2.45, 2.75) is 6.92 Å². The second-order valence-corrected chi connectivity index (χ2v) is 3.13. The lowest BCUT2D eigenvalue weighted by molar-refractivity contribution is 0.0795. The summed E-state index contributed by atoms with van der Waals surface area (Å²) in [5.74, 6) is 0.505. The van der Waals surface area contributed by atoms with Crippen molar-refractivity contribution in [2.24, 2.45) is 0 Å². The Bertz CT molecular complexity index is 309. The van der Waals surface area contributed by atoms with Crippen LogP contribution < -0.4 is 5.32 Å². The first-order chi connectivity index (χ1) is 6.66. The number of carbonyl (C=O) groups excluding carboxylic acids is 1. The minimum absolute atomic E-state index is 0.0565. The molecule has 5 nitrogen and oxygen atoms in total. The summed E-state index contributed by atoms with van der Waals surface area (Å²) >= 11 is 0. The van der Waals surface area contributed by atoms with Crippen molar-refractivity contribution >= 4 is 5.91 Å². The average molecular weight is 197 g/mol. The summed E-state index contributed by atoms with van der Waals surface area (Å²) in [6.07, 6.45) is 1.45. The van der Waals surface area contributed by atoms with Crippen LogP contribution >= 0.6 is 0 Å². The molecule has 78 valence electrons. The molecule has 0 aliphatic heterocycles. The van der Waals surface area contributed by atoms with E-state index in [4.69, 9.17) is 4.52 Å². The standard InChI is InChI=1S/C9H15N3O2/c1-7-8(6-11-14-7)9(13)12(3)5-4-10-2/h6,10H,4-5H2,1-3H3. The van der Waals surface area contributed by atoms with Crippen LogP contribution in [-0.4, -0.2) is 43.1 Å². The summed E-state index contributed by atoms with van der Waals surface area (Å²) in [6, 6.07) is 0. The first-order valence-corrected chi connectivity index (χ1v) is 4.48. The molecular weight excluding hydrogens is 182 g/mol. The van der Waals surface area contributed by atoms with Gasteiger partial charge in [-0.3, -0.25) is 4.79 Å². The molecule has 0 atom stereocenters. The van der Waals surface area contributed by atoms with Gasteiger partial charge >= 0.3 is 0 Å². The van der Waals surface area contributed by atoms with E-state index in [1.54, 1.807) is 18.9 Å². The van der Waals surface area contributed by atoms with E-state index >= 15 is 0 Å². The Kier molecular flexibility index (Phi) is 3.64. The van der Waals surface area contributed by atoms with Gasteiger partial charge in [0.25, 0.3) is 5.91 Å². The summed E-state index contributed by atoms with van der Waals surface area (Å²) < 4.78 is 4.83. The summed E-state index contributed by atoms with van der Waals surface area (Å²) in [5, 5.41) is 6.55. The highest BCUT2D eigenvalue weighted by Crippen LogP contribution is 2.08. The fourth-order valence-corrected chi connectivity index (χ4v) is 1.09. The smallest absolute Gasteiger partial charge is 0.258 e. The van der Waals surface area contributed by atoms with E-state index in [1.165, 1.54) is 6.20 Å². The highest BCUT2D eigenvalue weighted by Gasteiger charge is 2.16. The molecule has 1 N–H and O–H groups in total. The van der Waals surface area contributed by atoms with Gasteiger partial charge in [0.15, 0.2) is 0 Å². The van der Waals surface area contributed by atoms with E-state index in [0.29, 0.717) is 17.9 Å². The zero-order chi connectivity index (χ0) is 10.6. The normalized spacial score (nSPS) is 10.2. The summed E-state index contributed by atoms with van der Waals surface area (Å²) in [4.78, 5) is 13.4. The van der Waals surface area contributed by atoms with Crippen molar-refractivity contribution < 1.29 is 9.32 Å². The van der Waals surface area contributed by atoms with Gasteiger partial charge in [0.05, 0.1) is 6.20 Å². The minimum Gasteiger partial charge on any atom is -0.361 e. The van der Waals surface area contributed by atoms with Crippen LogP contribution in [-0.2, 0) is 0 Å². The van der Waals surface area contributed by atoms with E-state index in [9.17, 15) is 4.79 Å². The first kappa shape index (κ1) is 10.7. The van der Waals surface area contributed by atoms with E-state index in [0.717, 1.165) is 6.54 Å². The van der Waals surface area contributed by atoms with Crippen molar-refractivity contribution in [3.8, 4) is 0 Å². The van der Waals surface area contributed by atoms with Crippen LogP contribution in [0.15, 0.2) is 10.7 Å². The number of aromatic nitrogens is 1. The molecule has 0 aliphatic carbocycles. The molecule has 0 bridgehead atoms. The molecule has 0 radical (unpaired) electrons. The fourth-order valence-electron chi connectivity index (χ4n) is 1.09. The Labute approximate surface area is 83.1 Å². The number of nitrogens with one attached hydrogen (secondary N) is 1. The van der Waals surface area contributed by atoms with E-state index < -0.39 is 0 Å². The lowest BCUT2D eigenvalue weighted by Gasteiger charge is -2.15. The lowest BCUT2D eigenvalue weighted by atomic mass is 10.2. The van der Waals surface area contributed by atoms with Crippen LogP contribution in [0.4, 0.5) is 0 Å². The zero-order valence-electron chi connectivity index (χ0n) is 8.70. The number of amides is 1. The number of carbonyl (C=O) groups is 1. The molecule has 0 saturated carbocycles. The number of likely N-dealkylation sites (N-methyl/N-ethyl adjacent to an activating group) is 2. The van der Waals surface area contributed by atoms with Crippen LogP contribution in [0.1, 0.15) is 16.1 Å². The third-order valence-corrected chi connectivity index (χ3v) is 2.03. The van der Waals surface area contributed by atoms with Gasteiger partial charge in [-0.2, -0.15) is 0 Å². The van der Waals surface area contributed by atoms with E-state index in [-0.39, 0.29) is 5.91 Å². The summed E-state index contributed by atoms with van der Waals surface area (Å²) in [5.41, 5.74) is 0.531. The number of hydrogen-bond donors (Lipinski definition) is 1. The van der Waals surface area contributed by atoms with Gasteiger partial charge in [0.2, 0.25) is 0 Å². The molecule has 0 fully saturated rings. The van der Waals surface area contributed by atoms with Crippen LogP contribution in [0.3, 0.4) is 0 Å². The SMILES string of the molecule is CNCCN(C)C(=O)c1cnoc1C. The monoisotopic (exact) mass is 197 g/mol. The van der Waals surface area contributed by atoms with Gasteiger partial charge in [-0.05, 0) is 14.0 Å². The summed E-state index contributed by atoms with van der Waals surface area (Å²) in [7, 11) is 3.61. The Hall–Kier alpha value is -1.36. The van der Waals surface area contributed by atoms with Gasteiger partial charge in [0, 0.05) is 20.1 Å². The maximum absolute atomic E-state index is 11.7. The number of nitrogens with zero attached hydrogens (tertiary/aromatic N) is 2. The minimum atomic E-state index is -0.0565. The second-order valence-electron chi connectivity index (χ2n) is 3.13. The van der Waals surface area contributed by atoms with Crippen LogP contribution in [0, 0.1) is 6.92 Å². The van der Waals surface area contributed by atoms with Crippen molar-refractivity contribution in [2.75, 3.05) is 27.2 Å². The molecule has 0 aromatic carbocycles. The van der Waals surface area contributed by atoms with Crippen molar-refractivity contribution in [3.05, 3.63) is 17.5 Å². The third kappa shape index (κ3) is 2.32. The van der Waals surface area contributed by atoms with Gasteiger partial charge in [-0.15, -0.1) is 0 Å². The molecule has 5 heteroatoms. The van der Waals surface area contributed by atoms with Crippen molar-refractivity contribution in [1.29, 1.82) is 0 Å². The predicted octanol–water partition coefficient (Wildman–Crippen LogP) is 0.274. The molecule has 1 aromatic rings. The molecule has 1 heterocycles. The molecular formula is C9H15N3O2. The van der Waals surface area contributed by atoms with Crippen LogP contribution in [0.2, 0.25) is 0 Å². The molecule has 0 saturated heterocycles. The number of hydrogen-bond acceptors (Lipinski definition) is 4. The van der Waals surface area contributed by atoms with Gasteiger partial charge in [0.1, 0.15) is 11.3 Å². The maximum Gasteiger partial charge on any atom is 0.258 e. The highest BCUT2D eigenvalue weighted by molar-refractivity contribution is 5.94. The Balaban J connectivity index is 2.61. The van der Waals surface area contributed by atoms with Gasteiger partial charge in [-0.1, -0.05) is 5.16 Å². The predicted molar refractivity (Wildman–Crippen MR) is 52.1 cm³/mol. The quantitative estimate of drug-likeness (QED) is 0.753. The lowest BCUT2D eigenvalue weighted by Crippen LogP contribution is -2.32. The Morgan fingerprint density at radius 2 is 2.43 bits per heavy atom. The zero-order valence-corrected chi connectivity index (χ0v) is 8.70. The van der Waals surface area contributed by atoms with Crippen LogP contribution in [0.5, 0.6) is 0 Å². The second kappa shape index (κ2) is 4.76. The number of aryl methyl sites for hydroxylation is 1.